The van der Waals surface area contributed by atoms with E-state index in [0.717, 1.165) is 28.2 Å². The molecule has 1 aromatic carbocycles. The highest BCUT2D eigenvalue weighted by atomic mass is 32.1. The molecule has 1 heterocycles. The summed E-state index contributed by atoms with van der Waals surface area (Å²) >= 11 is 1.13. The summed E-state index contributed by atoms with van der Waals surface area (Å²) in [6, 6.07) is 9.04. The second-order valence-electron chi connectivity index (χ2n) is 3.72. The first-order valence-electron chi connectivity index (χ1n) is 5.15. The van der Waals surface area contributed by atoms with Crippen LogP contribution in [0.25, 0.3) is 0 Å². The quantitative estimate of drug-likeness (QED) is 0.897. The van der Waals surface area contributed by atoms with E-state index < -0.39 is 5.97 Å². The lowest BCUT2D eigenvalue weighted by atomic mass is 10.1. The molecule has 2 rings (SSSR count). The molecular formula is C13H12O3S. The Kier molecular flexibility index (Phi) is 3.15. The molecule has 17 heavy (non-hydrogen) atoms. The Hall–Kier alpha value is -1.81. The number of aromatic carboxylic acids is 1. The zero-order valence-corrected chi connectivity index (χ0v) is 10.4. The molecule has 0 unspecified atom stereocenters. The monoisotopic (exact) mass is 248 g/mol. The molecular weight excluding hydrogens is 236 g/mol. The number of carboxylic acids is 1. The number of benzene rings is 1. The van der Waals surface area contributed by atoms with Crippen LogP contribution in [-0.2, 0) is 0 Å². The molecule has 0 amide bonds. The number of hydrogen-bond donors (Lipinski definition) is 1. The molecule has 0 radical (unpaired) electrons. The van der Waals surface area contributed by atoms with E-state index in [0.29, 0.717) is 5.06 Å². The van der Waals surface area contributed by atoms with Gasteiger partial charge in [-0.25, -0.2) is 4.79 Å². The van der Waals surface area contributed by atoms with Crippen LogP contribution < -0.4 is 4.74 Å². The third kappa shape index (κ3) is 2.47. The maximum Gasteiger partial charge on any atom is 0.345 e. The van der Waals surface area contributed by atoms with Crippen molar-refractivity contribution in [2.45, 2.75) is 13.8 Å². The zero-order valence-electron chi connectivity index (χ0n) is 9.56. The Morgan fingerprint density at radius 1 is 1.24 bits per heavy atom. The van der Waals surface area contributed by atoms with Gasteiger partial charge in [-0.3, -0.25) is 0 Å². The van der Waals surface area contributed by atoms with Gasteiger partial charge >= 0.3 is 5.97 Å². The molecule has 2 aromatic rings. The minimum atomic E-state index is -0.925. The average Bonchev–Trinajstić information content (AvgIpc) is 2.73. The first-order chi connectivity index (χ1) is 8.08. The van der Waals surface area contributed by atoms with E-state index in [2.05, 4.69) is 0 Å². The normalized spacial score (nSPS) is 10.2. The summed E-state index contributed by atoms with van der Waals surface area (Å²) in [5, 5.41) is 9.41. The molecule has 0 saturated heterocycles. The summed E-state index contributed by atoms with van der Waals surface area (Å²) in [5.74, 6) is -0.158. The van der Waals surface area contributed by atoms with Crippen LogP contribution in [0.4, 0.5) is 0 Å². The Bertz CT molecular complexity index is 558. The summed E-state index contributed by atoms with van der Waals surface area (Å²) in [7, 11) is 0. The van der Waals surface area contributed by atoms with Gasteiger partial charge in [0.1, 0.15) is 10.6 Å². The fourth-order valence-corrected chi connectivity index (χ4v) is 2.14. The Labute approximate surface area is 103 Å². The van der Waals surface area contributed by atoms with Crippen LogP contribution in [0, 0.1) is 13.8 Å². The van der Waals surface area contributed by atoms with Crippen LogP contribution in [0.5, 0.6) is 10.8 Å². The standard InChI is InChI=1S/C13H12O3S/c1-8-4-3-5-10(9(8)2)16-12-7-6-11(17-12)13(14)15/h3-7H,1-2H3,(H,14,15). The van der Waals surface area contributed by atoms with Crippen molar-refractivity contribution in [1.29, 1.82) is 0 Å². The molecule has 0 atom stereocenters. The minimum absolute atomic E-state index is 0.283. The van der Waals surface area contributed by atoms with Crippen molar-refractivity contribution in [2.24, 2.45) is 0 Å². The second kappa shape index (κ2) is 4.59. The van der Waals surface area contributed by atoms with E-state index in [4.69, 9.17) is 9.84 Å². The highest BCUT2D eigenvalue weighted by Crippen LogP contribution is 2.32. The molecule has 0 aliphatic rings. The van der Waals surface area contributed by atoms with Crippen LogP contribution in [0.15, 0.2) is 30.3 Å². The van der Waals surface area contributed by atoms with Crippen LogP contribution in [-0.4, -0.2) is 11.1 Å². The molecule has 0 spiro atoms. The third-order valence-corrected chi connectivity index (χ3v) is 3.51. The fourth-order valence-electron chi connectivity index (χ4n) is 1.43. The minimum Gasteiger partial charge on any atom is -0.477 e. The highest BCUT2D eigenvalue weighted by Gasteiger charge is 2.09. The van der Waals surface area contributed by atoms with Gasteiger partial charge in [0, 0.05) is 0 Å². The molecule has 1 aromatic heterocycles. The lowest BCUT2D eigenvalue weighted by molar-refractivity contribution is 0.0702. The van der Waals surface area contributed by atoms with Crippen molar-refractivity contribution in [2.75, 3.05) is 0 Å². The summed E-state index contributed by atoms with van der Waals surface area (Å²) in [6.45, 7) is 4.00. The van der Waals surface area contributed by atoms with Gasteiger partial charge in [0.25, 0.3) is 0 Å². The number of carbonyl (C=O) groups is 1. The van der Waals surface area contributed by atoms with Gasteiger partial charge in [-0.15, -0.1) is 0 Å². The van der Waals surface area contributed by atoms with Gasteiger partial charge in [0.2, 0.25) is 0 Å². The lowest BCUT2D eigenvalue weighted by Gasteiger charge is -2.08. The molecule has 4 heteroatoms. The molecule has 88 valence electrons. The first-order valence-corrected chi connectivity index (χ1v) is 5.97. The van der Waals surface area contributed by atoms with Gasteiger partial charge in [-0.1, -0.05) is 23.5 Å². The van der Waals surface area contributed by atoms with Crippen LogP contribution in [0.2, 0.25) is 0 Å². The number of thiophene rings is 1. The second-order valence-corrected chi connectivity index (χ2v) is 4.77. The highest BCUT2D eigenvalue weighted by molar-refractivity contribution is 7.15. The van der Waals surface area contributed by atoms with Crippen molar-refractivity contribution in [3.8, 4) is 10.8 Å². The summed E-state index contributed by atoms with van der Waals surface area (Å²) < 4.78 is 5.68. The van der Waals surface area contributed by atoms with Crippen molar-refractivity contribution in [3.63, 3.8) is 0 Å². The van der Waals surface area contributed by atoms with Crippen LogP contribution >= 0.6 is 11.3 Å². The van der Waals surface area contributed by atoms with E-state index in [1.807, 2.05) is 32.0 Å². The van der Waals surface area contributed by atoms with Crippen molar-refractivity contribution in [3.05, 3.63) is 46.3 Å². The zero-order chi connectivity index (χ0) is 12.4. The van der Waals surface area contributed by atoms with Crippen molar-refractivity contribution in [1.82, 2.24) is 0 Å². The van der Waals surface area contributed by atoms with E-state index >= 15 is 0 Å². The van der Waals surface area contributed by atoms with Crippen molar-refractivity contribution >= 4 is 17.3 Å². The molecule has 0 fully saturated rings. The smallest absolute Gasteiger partial charge is 0.345 e. The first kappa shape index (κ1) is 11.7. The van der Waals surface area contributed by atoms with Gasteiger partial charge in [-0.2, -0.15) is 0 Å². The number of aryl methyl sites for hydroxylation is 1. The van der Waals surface area contributed by atoms with Gasteiger partial charge in [-0.05, 0) is 43.2 Å². The number of rotatable bonds is 3. The third-order valence-electron chi connectivity index (χ3n) is 2.56. The van der Waals surface area contributed by atoms with Gasteiger partial charge in [0.15, 0.2) is 5.06 Å². The molecule has 0 saturated carbocycles. The van der Waals surface area contributed by atoms with E-state index in [-0.39, 0.29) is 4.88 Å². The van der Waals surface area contributed by atoms with E-state index in [1.54, 1.807) is 12.1 Å². The van der Waals surface area contributed by atoms with Crippen LogP contribution in [0.1, 0.15) is 20.8 Å². The maximum atomic E-state index is 10.7. The predicted octanol–water partition coefficient (Wildman–Crippen LogP) is 3.86. The maximum absolute atomic E-state index is 10.7. The van der Waals surface area contributed by atoms with Crippen LogP contribution in [0.3, 0.4) is 0 Å². The Balaban J connectivity index is 2.25. The van der Waals surface area contributed by atoms with Gasteiger partial charge in [0.05, 0.1) is 0 Å². The fraction of sp³-hybridized carbons (Fsp3) is 0.154. The Morgan fingerprint density at radius 3 is 2.65 bits per heavy atom. The summed E-state index contributed by atoms with van der Waals surface area (Å²) in [6.07, 6.45) is 0. The lowest BCUT2D eigenvalue weighted by Crippen LogP contribution is -1.90. The van der Waals surface area contributed by atoms with Gasteiger partial charge < -0.3 is 9.84 Å². The molecule has 3 nitrogen and oxygen atoms in total. The molecule has 1 N–H and O–H groups in total. The topological polar surface area (TPSA) is 46.5 Å². The average molecular weight is 248 g/mol. The SMILES string of the molecule is Cc1cccc(Oc2ccc(C(=O)O)s2)c1C. The number of hydrogen-bond acceptors (Lipinski definition) is 3. The summed E-state index contributed by atoms with van der Waals surface area (Å²) in [4.78, 5) is 11.0. The van der Waals surface area contributed by atoms with Crippen molar-refractivity contribution < 1.29 is 14.6 Å². The number of carboxylic acid groups (broad SMARTS) is 1. The molecule has 0 bridgehead atoms. The van der Waals surface area contributed by atoms with E-state index in [9.17, 15) is 4.79 Å². The molecule has 0 aliphatic carbocycles. The largest absolute Gasteiger partial charge is 0.477 e. The Morgan fingerprint density at radius 2 is 2.00 bits per heavy atom. The summed E-state index contributed by atoms with van der Waals surface area (Å²) in [5.41, 5.74) is 2.22. The van der Waals surface area contributed by atoms with E-state index in [1.165, 1.54) is 0 Å². The number of ether oxygens (including phenoxy) is 1. The predicted molar refractivity (Wildman–Crippen MR) is 67.3 cm³/mol. The molecule has 0 aliphatic heterocycles.